The third-order valence-electron chi connectivity index (χ3n) is 2.49. The molecule has 0 aromatic heterocycles. The van der Waals surface area contributed by atoms with E-state index in [9.17, 15) is 0 Å². The zero-order valence-corrected chi connectivity index (χ0v) is 10.5. The van der Waals surface area contributed by atoms with Gasteiger partial charge in [-0.2, -0.15) is 0 Å². The van der Waals surface area contributed by atoms with E-state index in [-0.39, 0.29) is 6.61 Å². The molecule has 1 heterocycles. The van der Waals surface area contributed by atoms with Crippen LogP contribution in [0.1, 0.15) is 17.5 Å². The van der Waals surface area contributed by atoms with Crippen LogP contribution in [0.15, 0.2) is 24.3 Å². The Kier molecular flexibility index (Phi) is 4.93. The SMILES string of the molecule is OCCC#Cc1cccc(CSC2COC2)c1. The lowest BCUT2D eigenvalue weighted by Crippen LogP contribution is -2.30. The first-order valence-electron chi connectivity index (χ1n) is 5.76. The molecule has 0 saturated carbocycles. The van der Waals surface area contributed by atoms with Crippen LogP contribution in [0.4, 0.5) is 0 Å². The molecule has 1 saturated heterocycles. The highest BCUT2D eigenvalue weighted by atomic mass is 32.2. The summed E-state index contributed by atoms with van der Waals surface area (Å²) in [6.07, 6.45) is 0.540. The largest absolute Gasteiger partial charge is 0.395 e. The molecule has 1 aromatic rings. The summed E-state index contributed by atoms with van der Waals surface area (Å²) in [7, 11) is 0. The standard InChI is InChI=1S/C14H16O2S/c15-7-2-1-4-12-5-3-6-13(8-12)11-17-14-9-16-10-14/h3,5-6,8,14-15H,2,7,9-11H2. The van der Waals surface area contributed by atoms with Gasteiger partial charge in [0.1, 0.15) is 0 Å². The van der Waals surface area contributed by atoms with E-state index in [2.05, 4.69) is 24.0 Å². The Bertz CT molecular complexity index is 416. The molecule has 3 heteroatoms. The molecule has 17 heavy (non-hydrogen) atoms. The smallest absolute Gasteiger partial charge is 0.0608 e. The van der Waals surface area contributed by atoms with Crippen LogP contribution in [0.25, 0.3) is 0 Å². The first-order valence-corrected chi connectivity index (χ1v) is 6.81. The van der Waals surface area contributed by atoms with E-state index in [4.69, 9.17) is 9.84 Å². The van der Waals surface area contributed by atoms with Crippen molar-refractivity contribution in [1.82, 2.24) is 0 Å². The lowest BCUT2D eigenvalue weighted by atomic mass is 10.1. The van der Waals surface area contributed by atoms with Crippen molar-refractivity contribution in [3.8, 4) is 11.8 Å². The van der Waals surface area contributed by atoms with Gasteiger partial charge in [-0.15, -0.1) is 11.8 Å². The van der Waals surface area contributed by atoms with Crippen molar-refractivity contribution in [2.24, 2.45) is 0 Å². The fraction of sp³-hybridized carbons (Fsp3) is 0.429. The molecule has 0 aliphatic carbocycles. The Hall–Kier alpha value is -0.950. The maximum atomic E-state index is 8.66. The topological polar surface area (TPSA) is 29.5 Å². The summed E-state index contributed by atoms with van der Waals surface area (Å²) in [6, 6.07) is 8.29. The first-order chi connectivity index (χ1) is 8.38. The van der Waals surface area contributed by atoms with E-state index in [0.717, 1.165) is 24.5 Å². The molecule has 1 aromatic carbocycles. The van der Waals surface area contributed by atoms with E-state index in [0.29, 0.717) is 11.7 Å². The number of aliphatic hydroxyl groups is 1. The summed E-state index contributed by atoms with van der Waals surface area (Å²) < 4.78 is 5.15. The number of benzene rings is 1. The number of aliphatic hydroxyl groups excluding tert-OH is 1. The average molecular weight is 248 g/mol. The molecule has 0 radical (unpaired) electrons. The lowest BCUT2D eigenvalue weighted by molar-refractivity contribution is 0.0455. The summed E-state index contributed by atoms with van der Waals surface area (Å²) in [5, 5.41) is 9.33. The Morgan fingerprint density at radius 1 is 1.41 bits per heavy atom. The molecule has 2 nitrogen and oxygen atoms in total. The number of hydrogen-bond acceptors (Lipinski definition) is 3. The average Bonchev–Trinajstić information content (AvgIpc) is 2.28. The Morgan fingerprint density at radius 2 is 2.29 bits per heavy atom. The van der Waals surface area contributed by atoms with Gasteiger partial charge in [0.15, 0.2) is 0 Å². The van der Waals surface area contributed by atoms with Crippen molar-refractivity contribution in [3.05, 3.63) is 35.4 Å². The predicted molar refractivity (Wildman–Crippen MR) is 70.9 cm³/mol. The molecule has 0 amide bonds. The van der Waals surface area contributed by atoms with Gasteiger partial charge >= 0.3 is 0 Å². The lowest BCUT2D eigenvalue weighted by Gasteiger charge is -2.25. The minimum atomic E-state index is 0.129. The summed E-state index contributed by atoms with van der Waals surface area (Å²) in [5.41, 5.74) is 2.33. The maximum absolute atomic E-state index is 8.66. The molecule has 0 bridgehead atoms. The fourth-order valence-electron chi connectivity index (χ4n) is 1.48. The molecule has 0 unspecified atom stereocenters. The van der Waals surface area contributed by atoms with E-state index in [1.807, 2.05) is 23.9 Å². The van der Waals surface area contributed by atoms with Crippen LogP contribution >= 0.6 is 11.8 Å². The third-order valence-corrected chi connectivity index (χ3v) is 3.73. The molecular formula is C14H16O2S. The van der Waals surface area contributed by atoms with Crippen LogP contribution < -0.4 is 0 Å². The highest BCUT2D eigenvalue weighted by Gasteiger charge is 2.18. The summed E-state index contributed by atoms with van der Waals surface area (Å²) in [4.78, 5) is 0. The summed E-state index contributed by atoms with van der Waals surface area (Å²) >= 11 is 1.94. The van der Waals surface area contributed by atoms with E-state index < -0.39 is 0 Å². The van der Waals surface area contributed by atoms with Crippen LogP contribution in [0.5, 0.6) is 0 Å². The normalized spacial score (nSPS) is 14.9. The number of ether oxygens (including phenoxy) is 1. The number of rotatable bonds is 4. The molecule has 1 N–H and O–H groups in total. The van der Waals surface area contributed by atoms with Crippen LogP contribution in [0.2, 0.25) is 0 Å². The van der Waals surface area contributed by atoms with Crippen molar-refractivity contribution >= 4 is 11.8 Å². The van der Waals surface area contributed by atoms with Gasteiger partial charge in [-0.1, -0.05) is 24.0 Å². The zero-order valence-electron chi connectivity index (χ0n) is 9.69. The third kappa shape index (κ3) is 4.08. The predicted octanol–water partition coefficient (Wildman–Crippen LogP) is 2.05. The minimum absolute atomic E-state index is 0.129. The zero-order chi connectivity index (χ0) is 11.9. The van der Waals surface area contributed by atoms with Gasteiger partial charge < -0.3 is 9.84 Å². The Labute approximate surface area is 106 Å². The second-order valence-electron chi connectivity index (χ2n) is 3.95. The molecular weight excluding hydrogens is 232 g/mol. The molecule has 1 fully saturated rings. The van der Waals surface area contributed by atoms with Crippen molar-refractivity contribution in [2.45, 2.75) is 17.4 Å². The molecule has 0 atom stereocenters. The van der Waals surface area contributed by atoms with Crippen molar-refractivity contribution in [2.75, 3.05) is 19.8 Å². The fourth-order valence-corrected chi connectivity index (χ4v) is 2.48. The molecule has 1 aliphatic heterocycles. The van der Waals surface area contributed by atoms with Gasteiger partial charge in [-0.3, -0.25) is 0 Å². The first kappa shape index (κ1) is 12.5. The van der Waals surface area contributed by atoms with Crippen LogP contribution in [-0.4, -0.2) is 30.2 Å². The highest BCUT2D eigenvalue weighted by molar-refractivity contribution is 7.99. The molecule has 2 rings (SSSR count). The molecule has 0 spiro atoms. The highest BCUT2D eigenvalue weighted by Crippen LogP contribution is 2.23. The van der Waals surface area contributed by atoms with Crippen molar-refractivity contribution in [3.63, 3.8) is 0 Å². The summed E-state index contributed by atoms with van der Waals surface area (Å²) in [6.45, 7) is 1.91. The van der Waals surface area contributed by atoms with Crippen LogP contribution in [0.3, 0.4) is 0 Å². The van der Waals surface area contributed by atoms with Crippen molar-refractivity contribution < 1.29 is 9.84 Å². The van der Waals surface area contributed by atoms with Gasteiger partial charge in [0, 0.05) is 17.7 Å². The van der Waals surface area contributed by atoms with Gasteiger partial charge in [-0.25, -0.2) is 0 Å². The quantitative estimate of drug-likeness (QED) is 0.827. The van der Waals surface area contributed by atoms with Gasteiger partial charge in [-0.05, 0) is 17.7 Å². The van der Waals surface area contributed by atoms with E-state index >= 15 is 0 Å². The summed E-state index contributed by atoms with van der Waals surface area (Å²) in [5.74, 6) is 7.01. The Balaban J connectivity index is 1.89. The second kappa shape index (κ2) is 6.70. The maximum Gasteiger partial charge on any atom is 0.0608 e. The molecule has 1 aliphatic rings. The number of hydrogen-bond donors (Lipinski definition) is 1. The van der Waals surface area contributed by atoms with Crippen LogP contribution in [0, 0.1) is 11.8 Å². The van der Waals surface area contributed by atoms with Crippen molar-refractivity contribution in [1.29, 1.82) is 0 Å². The number of thioether (sulfide) groups is 1. The Morgan fingerprint density at radius 3 is 3.00 bits per heavy atom. The monoisotopic (exact) mass is 248 g/mol. The van der Waals surface area contributed by atoms with Gasteiger partial charge in [0.25, 0.3) is 0 Å². The van der Waals surface area contributed by atoms with Gasteiger partial charge in [0.2, 0.25) is 0 Å². The van der Waals surface area contributed by atoms with E-state index in [1.54, 1.807) is 0 Å². The second-order valence-corrected chi connectivity index (χ2v) is 5.23. The molecule has 90 valence electrons. The van der Waals surface area contributed by atoms with Crippen LogP contribution in [-0.2, 0) is 10.5 Å². The minimum Gasteiger partial charge on any atom is -0.395 e. The van der Waals surface area contributed by atoms with Gasteiger partial charge in [0.05, 0.1) is 25.1 Å². The van der Waals surface area contributed by atoms with E-state index in [1.165, 1.54) is 5.56 Å².